The Balaban J connectivity index is 1.59. The van der Waals surface area contributed by atoms with Crippen LogP contribution in [-0.4, -0.2) is 22.9 Å². The first-order valence-electron chi connectivity index (χ1n) is 13.4. The van der Waals surface area contributed by atoms with Crippen molar-refractivity contribution in [1.29, 1.82) is 0 Å². The lowest BCUT2D eigenvalue weighted by atomic mass is 9.63. The molecule has 1 aliphatic carbocycles. The third kappa shape index (κ3) is 3.69. The molecule has 0 spiro atoms. The van der Waals surface area contributed by atoms with Gasteiger partial charge in [0.1, 0.15) is 5.82 Å². The van der Waals surface area contributed by atoms with E-state index in [-0.39, 0.29) is 16.6 Å². The Morgan fingerprint density at radius 1 is 0.676 bits per heavy atom. The van der Waals surface area contributed by atoms with Crippen molar-refractivity contribution in [3.05, 3.63) is 71.5 Å². The molecule has 0 atom stereocenters. The Kier molecular flexibility index (Phi) is 5.14. The lowest BCUT2D eigenvalue weighted by Gasteiger charge is -2.42. The van der Waals surface area contributed by atoms with Gasteiger partial charge in [0.05, 0.1) is 22.2 Å². The van der Waals surface area contributed by atoms with Gasteiger partial charge in [-0.1, -0.05) is 45.9 Å². The zero-order valence-corrected chi connectivity index (χ0v) is 23.3. The lowest BCUT2D eigenvalue weighted by Crippen LogP contribution is -2.41. The molecule has 192 valence electrons. The first kappa shape index (κ1) is 24.7. The summed E-state index contributed by atoms with van der Waals surface area (Å²) in [4.78, 5) is 0. The molecule has 1 fully saturated rings. The van der Waals surface area contributed by atoms with Crippen molar-refractivity contribution >= 4 is 34.4 Å². The molecule has 1 saturated heterocycles. The van der Waals surface area contributed by atoms with Gasteiger partial charge in [-0.15, -0.1) is 0 Å². The number of nitrogens with zero attached hydrogens (tertiary/aromatic N) is 1. The summed E-state index contributed by atoms with van der Waals surface area (Å²) in [7, 11) is -0.458. The second kappa shape index (κ2) is 7.71. The number of aromatic nitrogens is 1. The van der Waals surface area contributed by atoms with Crippen molar-refractivity contribution in [3.8, 4) is 5.69 Å². The zero-order chi connectivity index (χ0) is 26.5. The van der Waals surface area contributed by atoms with Crippen molar-refractivity contribution in [2.75, 3.05) is 0 Å². The predicted molar refractivity (Wildman–Crippen MR) is 152 cm³/mol. The average molecular weight is 497 g/mol. The van der Waals surface area contributed by atoms with Crippen LogP contribution in [0.15, 0.2) is 54.6 Å². The van der Waals surface area contributed by atoms with Gasteiger partial charge in [-0.25, -0.2) is 4.39 Å². The molecular formula is C32H37BFNO2. The minimum atomic E-state index is -0.458. The number of hydrogen-bond donors (Lipinski definition) is 0. The van der Waals surface area contributed by atoms with Crippen LogP contribution in [0.5, 0.6) is 0 Å². The molecule has 0 amide bonds. The van der Waals surface area contributed by atoms with Crippen molar-refractivity contribution in [2.24, 2.45) is 0 Å². The van der Waals surface area contributed by atoms with Gasteiger partial charge in [-0.3, -0.25) is 0 Å². The molecule has 0 saturated carbocycles. The number of benzene rings is 3. The molecule has 4 aromatic rings. The van der Waals surface area contributed by atoms with E-state index in [1.165, 1.54) is 17.5 Å². The predicted octanol–water partition coefficient (Wildman–Crippen LogP) is 7.57. The van der Waals surface area contributed by atoms with E-state index < -0.39 is 18.3 Å². The second-order valence-corrected chi connectivity index (χ2v) is 13.4. The normalized spacial score (nSPS) is 21.5. The Morgan fingerprint density at radius 3 is 2.00 bits per heavy atom. The minimum absolute atomic E-state index is 0.0968. The third-order valence-electron chi connectivity index (χ3n) is 9.37. The molecule has 2 heterocycles. The van der Waals surface area contributed by atoms with E-state index >= 15 is 0 Å². The molecule has 3 aromatic carbocycles. The molecular weight excluding hydrogens is 460 g/mol. The lowest BCUT2D eigenvalue weighted by molar-refractivity contribution is 0.00578. The van der Waals surface area contributed by atoms with E-state index in [0.29, 0.717) is 0 Å². The quantitative estimate of drug-likeness (QED) is 0.267. The Bertz CT molecular complexity index is 1550. The molecule has 1 aliphatic heterocycles. The van der Waals surface area contributed by atoms with Crippen molar-refractivity contribution < 1.29 is 13.7 Å². The average Bonchev–Trinajstić information content (AvgIpc) is 3.25. The molecule has 0 N–H and O–H groups in total. The highest BCUT2D eigenvalue weighted by molar-refractivity contribution is 6.62. The molecule has 37 heavy (non-hydrogen) atoms. The van der Waals surface area contributed by atoms with Crippen LogP contribution in [0.3, 0.4) is 0 Å². The van der Waals surface area contributed by atoms with Crippen LogP contribution in [-0.2, 0) is 20.1 Å². The highest BCUT2D eigenvalue weighted by Crippen LogP contribution is 2.47. The summed E-state index contributed by atoms with van der Waals surface area (Å²) in [5.74, 6) is -0.227. The fourth-order valence-corrected chi connectivity index (χ4v) is 6.13. The molecule has 0 bridgehead atoms. The maximum Gasteiger partial charge on any atom is 0.494 e. The van der Waals surface area contributed by atoms with Crippen LogP contribution in [0.2, 0.25) is 0 Å². The number of halogens is 1. The summed E-state index contributed by atoms with van der Waals surface area (Å²) in [5, 5.41) is 1.93. The summed E-state index contributed by atoms with van der Waals surface area (Å²) in [5.41, 5.74) is 6.33. The fraction of sp³-hybridized carbons (Fsp3) is 0.438. The minimum Gasteiger partial charge on any atom is -0.399 e. The maximum atomic E-state index is 14.4. The standard InChI is InChI=1S/C32H37BFNO2/c1-29(2)15-16-30(3,4)26-19-22(11-13-25(26)29)35-27-14-10-21(34)18-24(27)23-12-9-20(17-28(23)35)33-36-31(5,6)32(7,8)37-33/h9-14,17-19H,15-16H2,1-8H3. The van der Waals surface area contributed by atoms with Gasteiger partial charge in [-0.05, 0) is 104 Å². The van der Waals surface area contributed by atoms with Crippen LogP contribution in [0, 0.1) is 5.82 Å². The monoisotopic (exact) mass is 497 g/mol. The van der Waals surface area contributed by atoms with E-state index in [9.17, 15) is 4.39 Å². The molecule has 6 rings (SSSR count). The topological polar surface area (TPSA) is 23.4 Å². The number of fused-ring (bicyclic) bond motifs is 4. The summed E-state index contributed by atoms with van der Waals surface area (Å²) in [6.45, 7) is 17.7. The number of hydrogen-bond acceptors (Lipinski definition) is 2. The van der Waals surface area contributed by atoms with E-state index in [1.807, 2.05) is 6.07 Å². The first-order chi connectivity index (χ1) is 17.2. The van der Waals surface area contributed by atoms with Crippen molar-refractivity contribution in [3.63, 3.8) is 0 Å². The molecule has 5 heteroatoms. The molecule has 3 nitrogen and oxygen atoms in total. The van der Waals surface area contributed by atoms with Crippen LogP contribution < -0.4 is 5.46 Å². The first-order valence-corrected chi connectivity index (χ1v) is 13.4. The largest absolute Gasteiger partial charge is 0.494 e. The molecule has 1 aromatic heterocycles. The van der Waals surface area contributed by atoms with Gasteiger partial charge in [0, 0.05) is 16.5 Å². The van der Waals surface area contributed by atoms with E-state index in [2.05, 4.69) is 96.4 Å². The summed E-state index contributed by atoms with van der Waals surface area (Å²) in [6, 6.07) is 18.3. The van der Waals surface area contributed by atoms with Crippen LogP contribution in [0.1, 0.15) is 79.4 Å². The molecule has 0 unspecified atom stereocenters. The summed E-state index contributed by atoms with van der Waals surface area (Å²) in [6.07, 6.45) is 2.33. The molecule has 2 aliphatic rings. The summed E-state index contributed by atoms with van der Waals surface area (Å²) >= 11 is 0. The second-order valence-electron chi connectivity index (χ2n) is 13.4. The summed E-state index contributed by atoms with van der Waals surface area (Å²) < 4.78 is 29.5. The Labute approximate surface area is 220 Å². The van der Waals surface area contributed by atoms with Gasteiger partial charge >= 0.3 is 7.12 Å². The Morgan fingerprint density at radius 2 is 1.32 bits per heavy atom. The van der Waals surface area contributed by atoms with Crippen molar-refractivity contribution in [2.45, 2.75) is 90.3 Å². The van der Waals surface area contributed by atoms with Gasteiger partial charge in [0.25, 0.3) is 0 Å². The highest BCUT2D eigenvalue weighted by Gasteiger charge is 2.51. The van der Waals surface area contributed by atoms with Gasteiger partial charge in [0.15, 0.2) is 0 Å². The van der Waals surface area contributed by atoms with Crippen LogP contribution >= 0.6 is 0 Å². The zero-order valence-electron chi connectivity index (χ0n) is 23.3. The van der Waals surface area contributed by atoms with Crippen LogP contribution in [0.25, 0.3) is 27.5 Å². The third-order valence-corrected chi connectivity index (χ3v) is 9.37. The fourth-order valence-electron chi connectivity index (χ4n) is 6.13. The highest BCUT2D eigenvalue weighted by atomic mass is 19.1. The van der Waals surface area contributed by atoms with E-state index in [1.54, 1.807) is 12.1 Å². The van der Waals surface area contributed by atoms with Gasteiger partial charge in [0.2, 0.25) is 0 Å². The Hall–Kier alpha value is -2.63. The van der Waals surface area contributed by atoms with Crippen LogP contribution in [0.4, 0.5) is 4.39 Å². The van der Waals surface area contributed by atoms with Crippen molar-refractivity contribution in [1.82, 2.24) is 4.57 Å². The molecule has 0 radical (unpaired) electrons. The smallest absolute Gasteiger partial charge is 0.399 e. The van der Waals surface area contributed by atoms with Gasteiger partial charge < -0.3 is 13.9 Å². The maximum absolute atomic E-state index is 14.4. The SMILES string of the molecule is CC1(C)CCC(C)(C)c2cc(-n3c4ccc(F)cc4c4ccc(B5OC(C)(C)C(C)(C)O5)cc43)ccc21. The van der Waals surface area contributed by atoms with Gasteiger partial charge in [-0.2, -0.15) is 0 Å². The number of rotatable bonds is 2. The van der Waals surface area contributed by atoms with E-state index in [4.69, 9.17) is 9.31 Å². The van der Waals surface area contributed by atoms with E-state index in [0.717, 1.165) is 39.4 Å².